The van der Waals surface area contributed by atoms with Gasteiger partial charge in [-0.1, -0.05) is 35.9 Å². The number of rotatable bonds is 5. The molecule has 0 fully saturated rings. The molecule has 0 radical (unpaired) electrons. The van der Waals surface area contributed by atoms with Crippen LogP contribution < -0.4 is 10.6 Å². The largest absolute Gasteiger partial charge is 0.373 e. The molecule has 2 aromatic rings. The van der Waals surface area contributed by atoms with Crippen LogP contribution in [0.15, 0.2) is 36.4 Å². The summed E-state index contributed by atoms with van der Waals surface area (Å²) in [5.74, 6) is 0.356. The average molecular weight is 304 g/mol. The number of carbonyl (C=O) groups excluding carboxylic acids is 1. The number of amides is 1. The molecule has 0 unspecified atom stereocenters. The Labute approximate surface area is 129 Å². The lowest BCUT2D eigenvalue weighted by molar-refractivity contribution is 0.0949. The van der Waals surface area contributed by atoms with E-state index in [1.165, 1.54) is 11.1 Å². The SMILES string of the molecule is CNc1ccc(Cl)c(C(=O)NCCc2ccccc2C)n1. The fourth-order valence-electron chi connectivity index (χ4n) is 2.03. The molecule has 0 aliphatic carbocycles. The molecule has 0 aliphatic rings. The molecule has 4 nitrogen and oxygen atoms in total. The van der Waals surface area contributed by atoms with Gasteiger partial charge in [-0.3, -0.25) is 4.79 Å². The Bertz CT molecular complexity index is 643. The Kier molecular flexibility index (Phi) is 5.17. The molecule has 110 valence electrons. The number of carbonyl (C=O) groups is 1. The molecule has 0 aliphatic heterocycles. The minimum absolute atomic E-state index is 0.244. The fraction of sp³-hybridized carbons (Fsp3) is 0.250. The van der Waals surface area contributed by atoms with E-state index in [1.54, 1.807) is 19.2 Å². The first-order valence-corrected chi connectivity index (χ1v) is 7.16. The summed E-state index contributed by atoms with van der Waals surface area (Å²) < 4.78 is 0. The molecule has 1 aromatic heterocycles. The number of aromatic nitrogens is 1. The van der Waals surface area contributed by atoms with E-state index in [9.17, 15) is 4.79 Å². The van der Waals surface area contributed by atoms with Crippen LogP contribution in [0, 0.1) is 6.92 Å². The van der Waals surface area contributed by atoms with Gasteiger partial charge in [0.2, 0.25) is 0 Å². The van der Waals surface area contributed by atoms with Crippen LogP contribution in [0.5, 0.6) is 0 Å². The van der Waals surface area contributed by atoms with Gasteiger partial charge in [0.25, 0.3) is 5.91 Å². The molecule has 2 rings (SSSR count). The summed E-state index contributed by atoms with van der Waals surface area (Å²) in [5, 5.41) is 6.09. The Morgan fingerprint density at radius 3 is 2.71 bits per heavy atom. The molecule has 5 heteroatoms. The van der Waals surface area contributed by atoms with Crippen molar-refractivity contribution in [2.75, 3.05) is 18.9 Å². The fourth-order valence-corrected chi connectivity index (χ4v) is 2.22. The second-order valence-electron chi connectivity index (χ2n) is 4.71. The van der Waals surface area contributed by atoms with Gasteiger partial charge in [0, 0.05) is 13.6 Å². The lowest BCUT2D eigenvalue weighted by Gasteiger charge is -2.09. The van der Waals surface area contributed by atoms with E-state index in [4.69, 9.17) is 11.6 Å². The van der Waals surface area contributed by atoms with Gasteiger partial charge in [0.15, 0.2) is 0 Å². The predicted octanol–water partition coefficient (Wildman–Crippen LogP) is 3.06. The summed E-state index contributed by atoms with van der Waals surface area (Å²) in [6.07, 6.45) is 0.780. The highest BCUT2D eigenvalue weighted by molar-refractivity contribution is 6.33. The standard InChI is InChI=1S/C16H18ClN3O/c1-11-5-3-4-6-12(11)9-10-19-16(21)15-13(17)7-8-14(18-2)20-15/h3-8H,9-10H2,1-2H3,(H,18,20)(H,19,21). The van der Waals surface area contributed by atoms with Crippen molar-refractivity contribution in [1.29, 1.82) is 0 Å². The van der Waals surface area contributed by atoms with Crippen molar-refractivity contribution < 1.29 is 4.79 Å². The quantitative estimate of drug-likeness (QED) is 0.892. The molecule has 0 spiro atoms. The molecule has 21 heavy (non-hydrogen) atoms. The van der Waals surface area contributed by atoms with Crippen LogP contribution in [-0.2, 0) is 6.42 Å². The van der Waals surface area contributed by atoms with Crippen molar-refractivity contribution in [3.8, 4) is 0 Å². The Morgan fingerprint density at radius 1 is 1.24 bits per heavy atom. The van der Waals surface area contributed by atoms with Crippen LogP contribution in [0.3, 0.4) is 0 Å². The van der Waals surface area contributed by atoms with Crippen LogP contribution in [0.1, 0.15) is 21.6 Å². The van der Waals surface area contributed by atoms with Gasteiger partial charge in [-0.25, -0.2) is 4.98 Å². The highest BCUT2D eigenvalue weighted by Gasteiger charge is 2.12. The van der Waals surface area contributed by atoms with Gasteiger partial charge in [-0.2, -0.15) is 0 Å². The van der Waals surface area contributed by atoms with Gasteiger partial charge in [-0.15, -0.1) is 0 Å². The van der Waals surface area contributed by atoms with Crippen LogP contribution in [0.25, 0.3) is 0 Å². The lowest BCUT2D eigenvalue weighted by atomic mass is 10.1. The zero-order chi connectivity index (χ0) is 15.2. The third-order valence-corrected chi connectivity index (χ3v) is 3.56. The van der Waals surface area contributed by atoms with E-state index in [0.29, 0.717) is 17.4 Å². The zero-order valence-electron chi connectivity index (χ0n) is 12.1. The highest BCUT2D eigenvalue weighted by Crippen LogP contribution is 2.16. The molecule has 2 N–H and O–H groups in total. The van der Waals surface area contributed by atoms with Crippen molar-refractivity contribution in [3.05, 3.63) is 58.2 Å². The minimum Gasteiger partial charge on any atom is -0.373 e. The molecular formula is C16H18ClN3O. The summed E-state index contributed by atoms with van der Waals surface area (Å²) >= 11 is 6.02. The monoisotopic (exact) mass is 303 g/mol. The first-order valence-electron chi connectivity index (χ1n) is 6.79. The average Bonchev–Trinajstić information content (AvgIpc) is 2.49. The molecule has 1 heterocycles. The summed E-state index contributed by atoms with van der Waals surface area (Å²) in [4.78, 5) is 16.3. The topological polar surface area (TPSA) is 54.0 Å². The Morgan fingerprint density at radius 2 is 2.00 bits per heavy atom. The second kappa shape index (κ2) is 7.09. The first kappa shape index (κ1) is 15.3. The third-order valence-electron chi connectivity index (χ3n) is 3.26. The molecule has 1 amide bonds. The van der Waals surface area contributed by atoms with Gasteiger partial charge in [0.05, 0.1) is 5.02 Å². The van der Waals surface area contributed by atoms with E-state index >= 15 is 0 Å². The van der Waals surface area contributed by atoms with Crippen LogP contribution in [0.2, 0.25) is 5.02 Å². The predicted molar refractivity (Wildman–Crippen MR) is 86.0 cm³/mol. The van der Waals surface area contributed by atoms with Gasteiger partial charge < -0.3 is 10.6 Å². The molecule has 1 aromatic carbocycles. The summed E-state index contributed by atoms with van der Waals surface area (Å²) in [5.41, 5.74) is 2.69. The normalized spacial score (nSPS) is 10.2. The number of anilines is 1. The number of hydrogen-bond donors (Lipinski definition) is 2. The maximum atomic E-state index is 12.1. The van der Waals surface area contributed by atoms with Crippen LogP contribution >= 0.6 is 11.6 Å². The number of benzene rings is 1. The second-order valence-corrected chi connectivity index (χ2v) is 5.12. The summed E-state index contributed by atoms with van der Waals surface area (Å²) in [6.45, 7) is 2.61. The smallest absolute Gasteiger partial charge is 0.271 e. The first-order chi connectivity index (χ1) is 10.1. The maximum absolute atomic E-state index is 12.1. The molecule has 0 saturated heterocycles. The number of nitrogens with one attached hydrogen (secondary N) is 2. The van der Waals surface area contributed by atoms with E-state index in [0.717, 1.165) is 6.42 Å². The van der Waals surface area contributed by atoms with E-state index < -0.39 is 0 Å². The number of nitrogens with zero attached hydrogens (tertiary/aromatic N) is 1. The van der Waals surface area contributed by atoms with Crippen molar-refractivity contribution in [3.63, 3.8) is 0 Å². The molecular weight excluding hydrogens is 286 g/mol. The number of hydrogen-bond acceptors (Lipinski definition) is 3. The van der Waals surface area contributed by atoms with Crippen molar-refractivity contribution >= 4 is 23.3 Å². The van der Waals surface area contributed by atoms with Gasteiger partial charge in [0.1, 0.15) is 11.5 Å². The number of pyridine rings is 1. The van der Waals surface area contributed by atoms with E-state index in [1.807, 2.05) is 12.1 Å². The molecule has 0 atom stereocenters. The van der Waals surface area contributed by atoms with Crippen molar-refractivity contribution in [2.24, 2.45) is 0 Å². The maximum Gasteiger partial charge on any atom is 0.271 e. The van der Waals surface area contributed by atoms with Gasteiger partial charge >= 0.3 is 0 Å². The highest BCUT2D eigenvalue weighted by atomic mass is 35.5. The molecule has 0 saturated carbocycles. The zero-order valence-corrected chi connectivity index (χ0v) is 12.9. The lowest BCUT2D eigenvalue weighted by Crippen LogP contribution is -2.27. The Balaban J connectivity index is 1.98. The van der Waals surface area contributed by atoms with Gasteiger partial charge in [-0.05, 0) is 36.6 Å². The van der Waals surface area contributed by atoms with Crippen LogP contribution in [0.4, 0.5) is 5.82 Å². The Hall–Kier alpha value is -2.07. The minimum atomic E-state index is -0.259. The van der Waals surface area contributed by atoms with Crippen molar-refractivity contribution in [1.82, 2.24) is 10.3 Å². The summed E-state index contributed by atoms with van der Waals surface area (Å²) in [6, 6.07) is 11.5. The third kappa shape index (κ3) is 3.95. The molecule has 0 bridgehead atoms. The van der Waals surface area contributed by atoms with Crippen molar-refractivity contribution in [2.45, 2.75) is 13.3 Å². The summed E-state index contributed by atoms with van der Waals surface area (Å²) in [7, 11) is 1.75. The number of aryl methyl sites for hydroxylation is 1. The van der Waals surface area contributed by atoms with E-state index in [2.05, 4.69) is 34.7 Å². The van der Waals surface area contributed by atoms with Crippen LogP contribution in [-0.4, -0.2) is 24.5 Å². The van der Waals surface area contributed by atoms with E-state index in [-0.39, 0.29) is 11.6 Å². The number of halogens is 1.